The number of anilines is 2. The Morgan fingerprint density at radius 1 is 1.14 bits per heavy atom. The number of carbonyl (C=O) groups is 2. The van der Waals surface area contributed by atoms with E-state index in [1.54, 1.807) is 52.1 Å². The van der Waals surface area contributed by atoms with Gasteiger partial charge >= 0.3 is 12.3 Å². The van der Waals surface area contributed by atoms with Gasteiger partial charge in [0, 0.05) is 25.7 Å². The first-order valence-electron chi connectivity index (χ1n) is 14.0. The zero-order chi connectivity index (χ0) is 31.5. The Hall–Kier alpha value is -4.23. The van der Waals surface area contributed by atoms with E-state index in [-0.39, 0.29) is 55.2 Å². The number of nitrogens with zero attached hydrogens (tertiary/aromatic N) is 8. The average molecular weight is 601 g/mol. The Kier molecular flexibility index (Phi) is 7.38. The second-order valence-corrected chi connectivity index (χ2v) is 12.3. The summed E-state index contributed by atoms with van der Waals surface area (Å²) in [6.45, 7) is 9.53. The highest BCUT2D eigenvalue weighted by molar-refractivity contribution is 6.10. The van der Waals surface area contributed by atoms with Gasteiger partial charge in [0.1, 0.15) is 34.8 Å². The molecule has 0 atom stereocenters. The highest BCUT2D eigenvalue weighted by atomic mass is 19.4. The van der Waals surface area contributed by atoms with Crippen molar-refractivity contribution in [2.24, 2.45) is 0 Å². The van der Waals surface area contributed by atoms with E-state index in [0.29, 0.717) is 22.6 Å². The monoisotopic (exact) mass is 600 g/mol. The first-order chi connectivity index (χ1) is 20.0. The summed E-state index contributed by atoms with van der Waals surface area (Å²) in [6, 6.07) is 6.58. The Labute approximate surface area is 247 Å². The van der Waals surface area contributed by atoms with Crippen LogP contribution in [-0.4, -0.2) is 73.5 Å². The van der Waals surface area contributed by atoms with Gasteiger partial charge < -0.3 is 14.5 Å². The number of amides is 2. The number of carbonyl (C=O) groups excluding carboxylic acids is 2. The summed E-state index contributed by atoms with van der Waals surface area (Å²) >= 11 is 0. The Bertz CT molecular complexity index is 1560. The Morgan fingerprint density at radius 3 is 2.44 bits per heavy atom. The molecular formula is C29H35F3N8O3. The molecule has 1 fully saturated rings. The van der Waals surface area contributed by atoms with Gasteiger partial charge in [-0.15, -0.1) is 10.2 Å². The van der Waals surface area contributed by atoms with Crippen LogP contribution in [0, 0.1) is 0 Å². The molecular weight excluding hydrogens is 565 g/mol. The van der Waals surface area contributed by atoms with Gasteiger partial charge in [-0.05, 0) is 65.7 Å². The molecule has 2 aliphatic rings. The molecule has 0 aromatic carbocycles. The highest BCUT2D eigenvalue weighted by Gasteiger charge is 2.65. The van der Waals surface area contributed by atoms with Crippen LogP contribution >= 0.6 is 0 Å². The number of hydrogen-bond acceptors (Lipinski definition) is 8. The average Bonchev–Trinajstić information content (AvgIpc) is 3.48. The summed E-state index contributed by atoms with van der Waals surface area (Å²) in [5.74, 6) is 0.448. The maximum Gasteiger partial charge on any atom is 0.412 e. The molecule has 230 valence electrons. The van der Waals surface area contributed by atoms with Crippen molar-refractivity contribution >= 4 is 23.6 Å². The van der Waals surface area contributed by atoms with Crippen molar-refractivity contribution in [1.29, 1.82) is 0 Å². The van der Waals surface area contributed by atoms with Crippen LogP contribution < -0.4 is 9.80 Å². The quantitative estimate of drug-likeness (QED) is 0.366. The molecule has 3 aromatic heterocycles. The zero-order valence-corrected chi connectivity index (χ0v) is 25.2. The number of halogens is 3. The molecule has 0 N–H and O–H groups in total. The molecule has 0 bridgehead atoms. The van der Waals surface area contributed by atoms with Crippen molar-refractivity contribution in [2.45, 2.75) is 83.9 Å². The Morgan fingerprint density at radius 2 is 1.84 bits per heavy atom. The van der Waals surface area contributed by atoms with E-state index in [2.05, 4.69) is 15.2 Å². The number of rotatable bonds is 7. The molecule has 1 saturated carbocycles. The van der Waals surface area contributed by atoms with Crippen molar-refractivity contribution < 1.29 is 27.5 Å². The van der Waals surface area contributed by atoms with Crippen LogP contribution in [0.5, 0.6) is 0 Å². The predicted molar refractivity (Wildman–Crippen MR) is 153 cm³/mol. The van der Waals surface area contributed by atoms with Gasteiger partial charge in [-0.2, -0.15) is 13.2 Å². The molecule has 4 heterocycles. The lowest BCUT2D eigenvalue weighted by atomic mass is 10.1. The van der Waals surface area contributed by atoms with E-state index in [1.807, 2.05) is 25.8 Å². The molecule has 43 heavy (non-hydrogen) atoms. The van der Waals surface area contributed by atoms with Crippen LogP contribution in [0.25, 0.3) is 11.5 Å². The lowest BCUT2D eigenvalue weighted by molar-refractivity contribution is -0.179. The molecule has 3 aromatic rings. The smallest absolute Gasteiger partial charge is 0.412 e. The second-order valence-electron chi connectivity index (χ2n) is 12.3. The first-order valence-corrected chi connectivity index (χ1v) is 14.0. The normalized spacial score (nSPS) is 16.0. The third-order valence-corrected chi connectivity index (χ3v) is 7.72. The molecule has 14 heteroatoms. The second kappa shape index (κ2) is 10.5. The summed E-state index contributed by atoms with van der Waals surface area (Å²) in [5, 5.41) is 7.70. The maximum absolute atomic E-state index is 13.9. The van der Waals surface area contributed by atoms with Crippen LogP contribution in [0.15, 0.2) is 30.6 Å². The van der Waals surface area contributed by atoms with Gasteiger partial charge in [0.15, 0.2) is 5.82 Å². The number of pyridine rings is 2. The fourth-order valence-corrected chi connectivity index (χ4v) is 4.94. The highest BCUT2D eigenvalue weighted by Crippen LogP contribution is 2.56. The zero-order valence-electron chi connectivity index (χ0n) is 25.2. The van der Waals surface area contributed by atoms with E-state index in [0.717, 1.165) is 10.9 Å². The van der Waals surface area contributed by atoms with E-state index in [9.17, 15) is 22.8 Å². The van der Waals surface area contributed by atoms with Crippen molar-refractivity contribution in [3.05, 3.63) is 47.4 Å². The van der Waals surface area contributed by atoms with Crippen LogP contribution in [0.2, 0.25) is 0 Å². The van der Waals surface area contributed by atoms with Gasteiger partial charge in [-0.3, -0.25) is 14.3 Å². The molecule has 2 amide bonds. The minimum Gasteiger partial charge on any atom is -0.444 e. The third kappa shape index (κ3) is 5.62. The molecule has 0 unspecified atom stereocenters. The fourth-order valence-electron chi connectivity index (χ4n) is 4.94. The maximum atomic E-state index is 13.9. The van der Waals surface area contributed by atoms with Gasteiger partial charge in [0.05, 0.1) is 24.3 Å². The van der Waals surface area contributed by atoms with E-state index in [1.165, 1.54) is 9.80 Å². The van der Waals surface area contributed by atoms with Gasteiger partial charge in [-0.25, -0.2) is 14.8 Å². The fraction of sp³-hybridized carbons (Fsp3) is 0.517. The molecule has 0 radical (unpaired) electrons. The number of hydrogen-bond donors (Lipinski definition) is 0. The van der Waals surface area contributed by atoms with E-state index >= 15 is 0 Å². The largest absolute Gasteiger partial charge is 0.444 e. The van der Waals surface area contributed by atoms with Crippen LogP contribution in [0.1, 0.15) is 69.1 Å². The lowest BCUT2D eigenvalue weighted by Crippen LogP contribution is -2.35. The number of aromatic nitrogens is 5. The molecule has 1 aliphatic carbocycles. The number of alkyl halides is 3. The van der Waals surface area contributed by atoms with Crippen molar-refractivity contribution in [3.8, 4) is 11.5 Å². The summed E-state index contributed by atoms with van der Waals surface area (Å²) < 4.78 is 48.2. The summed E-state index contributed by atoms with van der Waals surface area (Å²) in [7, 11) is 3.47. The minimum atomic E-state index is -4.47. The van der Waals surface area contributed by atoms with E-state index < -0.39 is 23.4 Å². The standard InChI is InChI=1S/C29H35F3N8O3/c1-17(2)38(7)23-13-18-19(21(35-23)15-37(6)26(42)43-27(3,4)5)14-39(25(18)41)22-10-8-9-20(34-22)24-36-33-16-40(24)28(11-12-28)29(30,31)32/h8-10,13,16-17H,11-12,14-15H2,1-7H3. The lowest BCUT2D eigenvalue weighted by Gasteiger charge is -2.26. The van der Waals surface area contributed by atoms with Crippen LogP contribution in [-0.2, 0) is 23.4 Å². The van der Waals surface area contributed by atoms with Gasteiger partial charge in [-0.1, -0.05) is 6.07 Å². The summed E-state index contributed by atoms with van der Waals surface area (Å²) in [4.78, 5) is 40.7. The minimum absolute atomic E-state index is 0.0250. The van der Waals surface area contributed by atoms with Crippen LogP contribution in [0.3, 0.4) is 0 Å². The SMILES string of the molecule is CC(C)N(C)c1cc2c(c(CN(C)C(=O)OC(C)(C)C)n1)CN(c1cccc(-c3nncn3C3(C(F)(F)F)CC3)n1)C2=O. The van der Waals surface area contributed by atoms with Crippen molar-refractivity contribution in [3.63, 3.8) is 0 Å². The summed E-state index contributed by atoms with van der Waals surface area (Å²) in [6.07, 6.45) is -4.06. The molecule has 11 nitrogen and oxygen atoms in total. The Balaban J connectivity index is 1.49. The third-order valence-electron chi connectivity index (χ3n) is 7.72. The number of fused-ring (bicyclic) bond motifs is 1. The molecule has 0 spiro atoms. The summed E-state index contributed by atoms with van der Waals surface area (Å²) in [5.41, 5.74) is -1.01. The number of ether oxygens (including phenoxy) is 1. The predicted octanol–water partition coefficient (Wildman–Crippen LogP) is 5.16. The molecule has 5 rings (SSSR count). The van der Waals surface area contributed by atoms with Crippen molar-refractivity contribution in [2.75, 3.05) is 23.9 Å². The topological polar surface area (TPSA) is 110 Å². The van der Waals surface area contributed by atoms with Gasteiger partial charge in [0.2, 0.25) is 0 Å². The molecule has 0 saturated heterocycles. The first kappa shape index (κ1) is 30.2. The van der Waals surface area contributed by atoms with E-state index in [4.69, 9.17) is 9.72 Å². The molecule has 1 aliphatic heterocycles. The van der Waals surface area contributed by atoms with Crippen molar-refractivity contribution in [1.82, 2.24) is 29.6 Å². The van der Waals surface area contributed by atoms with Crippen LogP contribution in [0.4, 0.5) is 29.6 Å². The van der Waals surface area contributed by atoms with Gasteiger partial charge in [0.25, 0.3) is 5.91 Å².